The van der Waals surface area contributed by atoms with Gasteiger partial charge in [-0.15, -0.1) is 23.2 Å². The van der Waals surface area contributed by atoms with Gasteiger partial charge in [0.15, 0.2) is 5.41 Å². The summed E-state index contributed by atoms with van der Waals surface area (Å²) in [6.07, 6.45) is 19.4. The Balaban J connectivity index is 0.000000221. The summed E-state index contributed by atoms with van der Waals surface area (Å²) in [4.78, 5) is 12.0. The Morgan fingerprint density at radius 2 is 1.10 bits per heavy atom. The third kappa shape index (κ3) is 11.6. The fourth-order valence-electron chi connectivity index (χ4n) is 9.03. The maximum atomic E-state index is 12.0. The lowest BCUT2D eigenvalue weighted by Gasteiger charge is -2.39. The number of alkyl halides is 2. The highest BCUT2D eigenvalue weighted by molar-refractivity contribution is 6.21. The van der Waals surface area contributed by atoms with Gasteiger partial charge in [0.05, 0.1) is 17.6 Å². The minimum absolute atomic E-state index is 0.114. The summed E-state index contributed by atoms with van der Waals surface area (Å²) >= 11 is 12.9. The van der Waals surface area contributed by atoms with Crippen LogP contribution in [0.25, 0.3) is 22.3 Å². The zero-order valence-electron chi connectivity index (χ0n) is 34.7. The van der Waals surface area contributed by atoms with Crippen molar-refractivity contribution in [2.24, 2.45) is 5.41 Å². The predicted octanol–water partition coefficient (Wildman–Crippen LogP) is 14.8. The molecule has 0 aliphatic heterocycles. The fourth-order valence-corrected chi connectivity index (χ4v) is 9.96. The number of carboxylic acids is 1. The van der Waals surface area contributed by atoms with Crippen molar-refractivity contribution < 1.29 is 9.90 Å². The van der Waals surface area contributed by atoms with Crippen molar-refractivity contribution >= 4 is 29.2 Å². The molecule has 2 aliphatic carbocycles. The van der Waals surface area contributed by atoms with E-state index in [1.165, 1.54) is 86.5 Å². The molecular weight excluding hydrogens is 755 g/mol. The maximum Gasteiger partial charge on any atom is 0.324 e. The summed E-state index contributed by atoms with van der Waals surface area (Å²) in [7, 11) is 0. The molecule has 4 aromatic rings. The second kappa shape index (κ2) is 22.3. The van der Waals surface area contributed by atoms with Crippen LogP contribution in [0.15, 0.2) is 97.1 Å². The Morgan fingerprint density at radius 3 is 1.57 bits per heavy atom. The van der Waals surface area contributed by atoms with Crippen LogP contribution in [-0.4, -0.2) is 21.8 Å². The quantitative estimate of drug-likeness (QED) is 0.0901. The molecule has 0 amide bonds. The summed E-state index contributed by atoms with van der Waals surface area (Å²) < 4.78 is 0. The van der Waals surface area contributed by atoms with E-state index in [4.69, 9.17) is 23.2 Å². The number of hydrogen-bond donors (Lipinski definition) is 1. The third-order valence-electron chi connectivity index (χ3n) is 12.6. The SMILES string of the molecule is CCCCCCCc1ccc(-c2ccc(C3(C#N)CCCC(Cl)C3)cc2)cc1.CCCCCCc1ccc(-c2ccc(C3C(Cl)CCCC3(C#N)C(=O)O)cc2)cc1. The molecular formula is C52H62Cl2N2O2. The summed E-state index contributed by atoms with van der Waals surface area (Å²) in [6, 6.07) is 38.8. The van der Waals surface area contributed by atoms with Gasteiger partial charge in [0.2, 0.25) is 0 Å². The minimum Gasteiger partial charge on any atom is -0.480 e. The molecule has 2 saturated carbocycles. The Morgan fingerprint density at radius 1 is 0.638 bits per heavy atom. The summed E-state index contributed by atoms with van der Waals surface area (Å²) in [5.74, 6) is -1.58. The van der Waals surface area contributed by atoms with Crippen LogP contribution in [-0.2, 0) is 23.1 Å². The third-order valence-corrected chi connectivity index (χ3v) is 13.4. The molecule has 5 unspecified atom stereocenters. The molecule has 5 atom stereocenters. The molecule has 0 aromatic heterocycles. The number of hydrogen-bond acceptors (Lipinski definition) is 3. The van der Waals surface area contributed by atoms with E-state index in [9.17, 15) is 20.4 Å². The van der Waals surface area contributed by atoms with Gasteiger partial charge in [0.25, 0.3) is 0 Å². The topological polar surface area (TPSA) is 84.9 Å². The second-order valence-electron chi connectivity index (χ2n) is 16.7. The Bertz CT molecular complexity index is 1950. The van der Waals surface area contributed by atoms with Gasteiger partial charge < -0.3 is 5.11 Å². The van der Waals surface area contributed by atoms with Crippen LogP contribution in [0.4, 0.5) is 0 Å². The van der Waals surface area contributed by atoms with Crippen LogP contribution in [0.2, 0.25) is 0 Å². The van der Waals surface area contributed by atoms with Crippen LogP contribution in [0.3, 0.4) is 0 Å². The summed E-state index contributed by atoms with van der Waals surface area (Å²) in [5, 5.41) is 29.1. The van der Waals surface area contributed by atoms with Gasteiger partial charge in [-0.25, -0.2) is 0 Å². The number of carboxylic acid groups (broad SMARTS) is 1. The summed E-state index contributed by atoms with van der Waals surface area (Å²) in [6.45, 7) is 4.48. The second-order valence-corrected chi connectivity index (χ2v) is 17.9. The van der Waals surface area contributed by atoms with E-state index in [1.807, 2.05) is 24.3 Å². The normalized spacial score (nSPS) is 22.8. The highest BCUT2D eigenvalue weighted by atomic mass is 35.5. The Labute approximate surface area is 358 Å². The molecule has 0 heterocycles. The molecule has 2 aliphatic rings. The molecule has 306 valence electrons. The molecule has 0 radical (unpaired) electrons. The number of aryl methyl sites for hydroxylation is 2. The molecule has 0 saturated heterocycles. The number of halogens is 2. The monoisotopic (exact) mass is 816 g/mol. The first-order valence-electron chi connectivity index (χ1n) is 21.9. The van der Waals surface area contributed by atoms with Crippen LogP contribution in [0.5, 0.6) is 0 Å². The van der Waals surface area contributed by atoms with Crippen molar-refractivity contribution in [2.75, 3.05) is 0 Å². The molecule has 6 heteroatoms. The average Bonchev–Trinajstić information content (AvgIpc) is 3.25. The van der Waals surface area contributed by atoms with Gasteiger partial charge in [-0.1, -0.05) is 162 Å². The number of aliphatic carboxylic acids is 1. The van der Waals surface area contributed by atoms with Gasteiger partial charge in [-0.3, -0.25) is 4.79 Å². The number of nitriles is 2. The molecule has 2 fully saturated rings. The molecule has 4 nitrogen and oxygen atoms in total. The van der Waals surface area contributed by atoms with Gasteiger partial charge >= 0.3 is 5.97 Å². The number of rotatable bonds is 16. The van der Waals surface area contributed by atoms with Crippen LogP contribution in [0, 0.1) is 28.1 Å². The van der Waals surface area contributed by atoms with Crippen molar-refractivity contribution in [1.29, 1.82) is 10.5 Å². The molecule has 6 rings (SSSR count). The molecule has 58 heavy (non-hydrogen) atoms. The van der Waals surface area contributed by atoms with Crippen molar-refractivity contribution in [3.8, 4) is 34.4 Å². The maximum absolute atomic E-state index is 12.0. The lowest BCUT2D eigenvalue weighted by molar-refractivity contribution is -0.148. The van der Waals surface area contributed by atoms with Crippen LogP contribution >= 0.6 is 23.2 Å². The van der Waals surface area contributed by atoms with Crippen molar-refractivity contribution in [3.05, 3.63) is 119 Å². The van der Waals surface area contributed by atoms with E-state index >= 15 is 0 Å². The van der Waals surface area contributed by atoms with Crippen molar-refractivity contribution in [2.45, 2.75) is 152 Å². The van der Waals surface area contributed by atoms with Crippen LogP contribution < -0.4 is 0 Å². The Hall–Kier alpha value is -4.09. The average molecular weight is 818 g/mol. The van der Waals surface area contributed by atoms with E-state index in [1.54, 1.807) is 0 Å². The van der Waals surface area contributed by atoms with E-state index in [0.29, 0.717) is 12.8 Å². The lowest BCUT2D eigenvalue weighted by atomic mass is 9.64. The molecule has 4 aromatic carbocycles. The largest absolute Gasteiger partial charge is 0.480 e. The predicted molar refractivity (Wildman–Crippen MR) is 241 cm³/mol. The standard InChI is InChI=1S/C26H30ClNO2.C26H32ClN/c1-2-3-4-5-7-19-9-11-20(12-10-19)21-13-15-22(16-14-21)24-23(27)8-6-17-26(24,18-28)25(29)30;1-2-3-4-5-6-8-21-10-12-22(13-11-21)23-14-16-24(17-15-23)26(20-28)18-7-9-25(27)19-26/h9-16,23-24H,2-8,17H2,1H3,(H,29,30);10-17,25H,2-9,18-19H2,1H3. The highest BCUT2D eigenvalue weighted by Crippen LogP contribution is 2.50. The minimum atomic E-state index is -1.45. The fraction of sp³-hybridized carbons (Fsp3) is 0.481. The zero-order chi connectivity index (χ0) is 41.4. The van der Waals surface area contributed by atoms with Gasteiger partial charge in [0.1, 0.15) is 0 Å². The highest BCUT2D eigenvalue weighted by Gasteiger charge is 2.52. The first-order valence-corrected chi connectivity index (χ1v) is 22.8. The number of carbonyl (C=O) groups is 1. The van der Waals surface area contributed by atoms with Gasteiger partial charge in [-0.05, 0) is 109 Å². The first kappa shape index (κ1) is 45.0. The molecule has 0 bridgehead atoms. The van der Waals surface area contributed by atoms with Gasteiger partial charge in [-0.2, -0.15) is 10.5 Å². The van der Waals surface area contributed by atoms with Crippen molar-refractivity contribution in [1.82, 2.24) is 0 Å². The smallest absolute Gasteiger partial charge is 0.324 e. The van der Waals surface area contributed by atoms with Crippen LogP contribution in [0.1, 0.15) is 145 Å². The van der Waals surface area contributed by atoms with E-state index in [2.05, 4.69) is 98.8 Å². The molecule has 1 N–H and O–H groups in total. The lowest BCUT2D eigenvalue weighted by Crippen LogP contribution is -2.43. The van der Waals surface area contributed by atoms with E-state index < -0.39 is 22.7 Å². The molecule has 0 spiro atoms. The number of unbranched alkanes of at least 4 members (excludes halogenated alkanes) is 7. The Kier molecular flexibility index (Phi) is 17.3. The van der Waals surface area contributed by atoms with Gasteiger partial charge in [0, 0.05) is 16.7 Å². The summed E-state index contributed by atoms with van der Waals surface area (Å²) in [5.41, 5.74) is 7.54. The number of benzene rings is 4. The van der Waals surface area contributed by atoms with E-state index in [0.717, 1.165) is 60.8 Å². The first-order chi connectivity index (χ1) is 28.2. The number of nitrogens with zero attached hydrogens (tertiary/aromatic N) is 2. The zero-order valence-corrected chi connectivity index (χ0v) is 36.2. The van der Waals surface area contributed by atoms with E-state index in [-0.39, 0.29) is 10.8 Å². The van der Waals surface area contributed by atoms with Crippen molar-refractivity contribution in [3.63, 3.8) is 0 Å².